The molecule has 2 aromatic rings. The van der Waals surface area contributed by atoms with Gasteiger partial charge in [-0.1, -0.05) is 6.92 Å². The maximum atomic E-state index is 14.9. The number of rotatable bonds is 4. The second kappa shape index (κ2) is 7.47. The number of benzene rings is 1. The van der Waals surface area contributed by atoms with E-state index in [1.165, 1.54) is 11.0 Å². The molecule has 27 heavy (non-hydrogen) atoms. The Morgan fingerprint density at radius 1 is 1.30 bits per heavy atom. The first-order valence-electron chi connectivity index (χ1n) is 9.16. The van der Waals surface area contributed by atoms with E-state index in [4.69, 9.17) is 0 Å². The quantitative estimate of drug-likeness (QED) is 0.894. The van der Waals surface area contributed by atoms with Gasteiger partial charge in [-0.25, -0.2) is 4.39 Å². The third kappa shape index (κ3) is 3.56. The molecule has 2 heterocycles. The number of nitrogens with zero attached hydrogens (tertiary/aromatic N) is 2. The Kier molecular flexibility index (Phi) is 5.26. The van der Waals surface area contributed by atoms with Gasteiger partial charge in [-0.3, -0.25) is 14.6 Å². The highest BCUT2D eigenvalue weighted by molar-refractivity contribution is 5.96. The second-order valence-corrected chi connectivity index (χ2v) is 6.96. The van der Waals surface area contributed by atoms with E-state index in [2.05, 4.69) is 10.3 Å². The molecule has 0 spiro atoms. The number of halogens is 1. The Hall–Kier alpha value is -2.76. The fourth-order valence-corrected chi connectivity index (χ4v) is 3.54. The van der Waals surface area contributed by atoms with Gasteiger partial charge < -0.3 is 10.2 Å². The van der Waals surface area contributed by atoms with Crippen LogP contribution >= 0.6 is 0 Å². The molecular weight excluding hydrogens is 345 g/mol. The van der Waals surface area contributed by atoms with Crippen LogP contribution in [0.5, 0.6) is 0 Å². The summed E-state index contributed by atoms with van der Waals surface area (Å²) in [6.07, 6.45) is 4.78. The number of aryl methyl sites for hydroxylation is 1. The summed E-state index contributed by atoms with van der Waals surface area (Å²) in [6, 6.07) is 3.03. The highest BCUT2D eigenvalue weighted by Gasteiger charge is 2.24. The van der Waals surface area contributed by atoms with Crippen molar-refractivity contribution in [3.8, 4) is 11.1 Å². The minimum absolute atomic E-state index is 0.00464. The molecule has 1 N–H and O–H groups in total. The third-order valence-corrected chi connectivity index (χ3v) is 5.22. The van der Waals surface area contributed by atoms with E-state index in [1.807, 2.05) is 19.9 Å². The zero-order valence-electron chi connectivity index (χ0n) is 16.1. The third-order valence-electron chi connectivity index (χ3n) is 5.22. The lowest BCUT2D eigenvalue weighted by Crippen LogP contribution is -2.31. The van der Waals surface area contributed by atoms with E-state index in [-0.39, 0.29) is 23.7 Å². The molecule has 1 aromatic carbocycles. The summed E-state index contributed by atoms with van der Waals surface area (Å²) in [6.45, 7) is 5.61. The van der Waals surface area contributed by atoms with Crippen LogP contribution in [0.1, 0.15) is 49.4 Å². The number of pyridine rings is 1. The van der Waals surface area contributed by atoms with Crippen LogP contribution < -0.4 is 10.2 Å². The van der Waals surface area contributed by atoms with Gasteiger partial charge in [0, 0.05) is 49.1 Å². The summed E-state index contributed by atoms with van der Waals surface area (Å²) in [5, 5.41) is 2.92. The van der Waals surface area contributed by atoms with Gasteiger partial charge in [0.1, 0.15) is 5.82 Å². The molecule has 0 aliphatic carbocycles. The van der Waals surface area contributed by atoms with E-state index in [0.717, 1.165) is 16.7 Å². The number of nitrogens with one attached hydrogen (secondary N) is 1. The normalized spacial score (nSPS) is 14.7. The van der Waals surface area contributed by atoms with E-state index in [0.29, 0.717) is 36.1 Å². The number of hydrogen-bond acceptors (Lipinski definition) is 3. The van der Waals surface area contributed by atoms with Crippen molar-refractivity contribution in [2.24, 2.45) is 0 Å². The molecule has 142 valence electrons. The summed E-state index contributed by atoms with van der Waals surface area (Å²) in [4.78, 5) is 29.4. The first kappa shape index (κ1) is 19.0. The molecule has 0 saturated carbocycles. The first-order valence-corrected chi connectivity index (χ1v) is 9.16. The molecule has 1 atom stereocenters. The van der Waals surface area contributed by atoms with E-state index >= 15 is 0 Å². The molecule has 0 bridgehead atoms. The highest BCUT2D eigenvalue weighted by Crippen LogP contribution is 2.36. The minimum Gasteiger partial charge on any atom is -0.350 e. The van der Waals surface area contributed by atoms with Crippen LogP contribution in [-0.4, -0.2) is 23.8 Å². The Morgan fingerprint density at radius 3 is 2.74 bits per heavy atom. The van der Waals surface area contributed by atoms with Gasteiger partial charge in [-0.2, -0.15) is 0 Å². The van der Waals surface area contributed by atoms with Crippen molar-refractivity contribution in [2.75, 3.05) is 11.9 Å². The smallest absolute Gasteiger partial charge is 0.227 e. The van der Waals surface area contributed by atoms with E-state index in [1.54, 1.807) is 26.4 Å². The molecule has 1 aliphatic rings. The summed E-state index contributed by atoms with van der Waals surface area (Å²) in [5.41, 5.74) is 4.48. The van der Waals surface area contributed by atoms with Gasteiger partial charge in [-0.05, 0) is 49.1 Å². The van der Waals surface area contributed by atoms with Crippen molar-refractivity contribution >= 4 is 17.5 Å². The van der Waals surface area contributed by atoms with Crippen molar-refractivity contribution in [1.29, 1.82) is 0 Å². The Balaban J connectivity index is 2.04. The molecule has 1 aliphatic heterocycles. The first-order chi connectivity index (χ1) is 12.8. The van der Waals surface area contributed by atoms with Crippen molar-refractivity contribution in [1.82, 2.24) is 10.3 Å². The number of fused-ring (bicyclic) bond motifs is 1. The van der Waals surface area contributed by atoms with Gasteiger partial charge in [0.15, 0.2) is 0 Å². The van der Waals surface area contributed by atoms with Gasteiger partial charge >= 0.3 is 0 Å². The van der Waals surface area contributed by atoms with Gasteiger partial charge in [0.25, 0.3) is 0 Å². The Labute approximate surface area is 158 Å². The van der Waals surface area contributed by atoms with Crippen LogP contribution in [0.2, 0.25) is 0 Å². The topological polar surface area (TPSA) is 62.3 Å². The predicted octanol–water partition coefficient (Wildman–Crippen LogP) is 3.69. The maximum absolute atomic E-state index is 14.9. The number of carbonyl (C=O) groups is 2. The van der Waals surface area contributed by atoms with Crippen molar-refractivity contribution in [3.63, 3.8) is 0 Å². The van der Waals surface area contributed by atoms with Crippen LogP contribution in [0, 0.1) is 12.7 Å². The summed E-state index contributed by atoms with van der Waals surface area (Å²) < 4.78 is 14.9. The van der Waals surface area contributed by atoms with Crippen LogP contribution in [0.25, 0.3) is 11.1 Å². The Bertz CT molecular complexity index is 911. The minimum atomic E-state index is -0.386. The van der Waals surface area contributed by atoms with Crippen LogP contribution in [-0.2, 0) is 16.0 Å². The van der Waals surface area contributed by atoms with E-state index < -0.39 is 0 Å². The largest absolute Gasteiger partial charge is 0.350 e. The summed E-state index contributed by atoms with van der Waals surface area (Å²) in [5.74, 6) is -0.433. The Morgan fingerprint density at radius 2 is 2.04 bits per heavy atom. The standard InChI is InChI=1S/C21H24FN3O2/c1-5-20(26)24-13(3)16-10-23-11-17(12(16)2)15-8-14-6-7-21(27)25(4)19(14)9-18(15)22/h8-11,13H,5-7H2,1-4H3,(H,24,26)/t13-/m1/s1. The lowest BCUT2D eigenvalue weighted by Gasteiger charge is -2.27. The van der Waals surface area contributed by atoms with Gasteiger partial charge in [0.05, 0.1) is 6.04 Å². The average Bonchev–Trinajstić information content (AvgIpc) is 2.65. The number of hydrogen-bond donors (Lipinski definition) is 1. The molecule has 2 amide bonds. The maximum Gasteiger partial charge on any atom is 0.227 e. The zero-order chi connectivity index (χ0) is 19.7. The number of amides is 2. The molecule has 1 aromatic heterocycles. The van der Waals surface area contributed by atoms with Crippen LogP contribution in [0.15, 0.2) is 24.5 Å². The molecule has 0 saturated heterocycles. The van der Waals surface area contributed by atoms with Crippen LogP contribution in [0.4, 0.5) is 10.1 Å². The fourth-order valence-electron chi connectivity index (χ4n) is 3.54. The summed E-state index contributed by atoms with van der Waals surface area (Å²) >= 11 is 0. The number of carbonyl (C=O) groups excluding carboxylic acids is 2. The molecule has 5 nitrogen and oxygen atoms in total. The van der Waals surface area contributed by atoms with Crippen molar-refractivity contribution < 1.29 is 14.0 Å². The van der Waals surface area contributed by atoms with Crippen molar-refractivity contribution in [2.45, 2.75) is 46.1 Å². The highest BCUT2D eigenvalue weighted by atomic mass is 19.1. The number of anilines is 1. The lowest BCUT2D eigenvalue weighted by molar-refractivity contribution is -0.121. The zero-order valence-corrected chi connectivity index (χ0v) is 16.1. The SMILES string of the molecule is CCC(=O)N[C@H](C)c1cncc(-c2cc3c(cc2F)N(C)C(=O)CC3)c1C. The average molecular weight is 369 g/mol. The van der Waals surface area contributed by atoms with Crippen molar-refractivity contribution in [3.05, 3.63) is 47.0 Å². The van der Waals surface area contributed by atoms with Gasteiger partial charge in [0.2, 0.25) is 11.8 Å². The molecule has 0 unspecified atom stereocenters. The molecule has 0 fully saturated rings. The lowest BCUT2D eigenvalue weighted by atomic mass is 9.92. The molecule has 0 radical (unpaired) electrons. The number of aromatic nitrogens is 1. The fraction of sp³-hybridized carbons (Fsp3) is 0.381. The van der Waals surface area contributed by atoms with E-state index in [9.17, 15) is 14.0 Å². The molecule has 6 heteroatoms. The second-order valence-electron chi connectivity index (χ2n) is 6.96. The van der Waals surface area contributed by atoms with Crippen LogP contribution in [0.3, 0.4) is 0 Å². The summed E-state index contributed by atoms with van der Waals surface area (Å²) in [7, 11) is 1.67. The van der Waals surface area contributed by atoms with Gasteiger partial charge in [-0.15, -0.1) is 0 Å². The monoisotopic (exact) mass is 369 g/mol. The predicted molar refractivity (Wildman–Crippen MR) is 103 cm³/mol. The molecule has 3 rings (SSSR count). The molecular formula is C21H24FN3O2.